The Bertz CT molecular complexity index is 748. The monoisotopic (exact) mass is 359 g/mol. The van der Waals surface area contributed by atoms with Gasteiger partial charge in [0.1, 0.15) is 11.5 Å². The summed E-state index contributed by atoms with van der Waals surface area (Å²) in [5.74, 6) is 1.29. The first-order chi connectivity index (χ1) is 10.8. The molecule has 22 heavy (non-hydrogen) atoms. The quantitative estimate of drug-likeness (QED) is 0.785. The fourth-order valence-electron chi connectivity index (χ4n) is 2.08. The minimum atomic E-state index is 0.499. The minimum Gasteiger partial charge on any atom is -0.496 e. The second-order valence-electron chi connectivity index (χ2n) is 4.59. The minimum absolute atomic E-state index is 0.499. The number of pyridine rings is 1. The highest BCUT2D eigenvalue weighted by Gasteiger charge is 2.13. The van der Waals surface area contributed by atoms with Crippen LogP contribution in [0.25, 0.3) is 17.2 Å². The number of nitrogens with zero attached hydrogens (tertiary/aromatic N) is 5. The number of allylic oxidation sites excluding steroid dienone is 5. The summed E-state index contributed by atoms with van der Waals surface area (Å²) in [6, 6.07) is 5.60. The van der Waals surface area contributed by atoms with Gasteiger partial charge in [-0.25, -0.2) is 0 Å². The lowest BCUT2D eigenvalue weighted by atomic mass is 10.2. The SMILES string of the molecule is COC1=C(CBr)C=CCC(n2nnc(-c3ccccn3)n2)=C1. The van der Waals surface area contributed by atoms with Gasteiger partial charge in [0, 0.05) is 29.6 Å². The molecule has 2 aromatic rings. The summed E-state index contributed by atoms with van der Waals surface area (Å²) < 4.78 is 5.44. The van der Waals surface area contributed by atoms with Gasteiger partial charge in [-0.15, -0.1) is 15.0 Å². The number of tetrazole rings is 1. The highest BCUT2D eigenvalue weighted by molar-refractivity contribution is 9.09. The van der Waals surface area contributed by atoms with Crippen LogP contribution in [-0.4, -0.2) is 37.6 Å². The van der Waals surface area contributed by atoms with E-state index in [0.29, 0.717) is 17.9 Å². The van der Waals surface area contributed by atoms with Crippen molar-refractivity contribution in [3.63, 3.8) is 0 Å². The maximum Gasteiger partial charge on any atom is 0.223 e. The number of halogens is 1. The average molecular weight is 360 g/mol. The zero-order chi connectivity index (χ0) is 15.4. The number of hydrogen-bond donors (Lipinski definition) is 0. The first-order valence-corrected chi connectivity index (χ1v) is 7.86. The molecule has 0 unspecified atom stereocenters. The van der Waals surface area contributed by atoms with Crippen LogP contribution >= 0.6 is 15.9 Å². The van der Waals surface area contributed by atoms with E-state index in [1.165, 1.54) is 4.80 Å². The predicted molar refractivity (Wildman–Crippen MR) is 86.9 cm³/mol. The molecule has 3 rings (SSSR count). The highest BCUT2D eigenvalue weighted by atomic mass is 79.9. The predicted octanol–water partition coefficient (Wildman–Crippen LogP) is 2.83. The fourth-order valence-corrected chi connectivity index (χ4v) is 2.54. The van der Waals surface area contributed by atoms with Gasteiger partial charge >= 0.3 is 0 Å². The summed E-state index contributed by atoms with van der Waals surface area (Å²) >= 11 is 3.46. The molecule has 0 spiro atoms. The van der Waals surface area contributed by atoms with Gasteiger partial charge in [-0.3, -0.25) is 4.98 Å². The van der Waals surface area contributed by atoms with Gasteiger partial charge in [0.25, 0.3) is 0 Å². The molecule has 0 aromatic carbocycles. The summed E-state index contributed by atoms with van der Waals surface area (Å²) in [7, 11) is 1.65. The van der Waals surface area contributed by atoms with Crippen LogP contribution in [0.5, 0.6) is 0 Å². The zero-order valence-corrected chi connectivity index (χ0v) is 13.6. The Hall–Kier alpha value is -2.28. The molecule has 0 atom stereocenters. The Morgan fingerprint density at radius 3 is 3.00 bits per heavy atom. The van der Waals surface area contributed by atoms with E-state index >= 15 is 0 Å². The molecule has 1 aliphatic rings. The molecule has 0 N–H and O–H groups in total. The largest absolute Gasteiger partial charge is 0.496 e. The maximum atomic E-state index is 5.44. The Labute approximate surface area is 136 Å². The fraction of sp³-hybridized carbons (Fsp3) is 0.200. The van der Waals surface area contributed by atoms with Gasteiger partial charge in [-0.1, -0.05) is 34.1 Å². The average Bonchev–Trinajstić information content (AvgIpc) is 2.96. The van der Waals surface area contributed by atoms with Crippen molar-refractivity contribution in [1.82, 2.24) is 25.2 Å². The molecule has 0 saturated carbocycles. The van der Waals surface area contributed by atoms with Gasteiger partial charge in [-0.2, -0.15) is 0 Å². The smallest absolute Gasteiger partial charge is 0.223 e. The van der Waals surface area contributed by atoms with Gasteiger partial charge < -0.3 is 4.74 Å². The third-order valence-corrected chi connectivity index (χ3v) is 3.79. The third-order valence-electron chi connectivity index (χ3n) is 3.19. The van der Waals surface area contributed by atoms with Crippen LogP contribution in [0, 0.1) is 0 Å². The second kappa shape index (κ2) is 6.65. The van der Waals surface area contributed by atoms with Crippen molar-refractivity contribution < 1.29 is 4.74 Å². The van der Waals surface area contributed by atoms with E-state index in [1.54, 1.807) is 13.3 Å². The number of ether oxygens (including phenoxy) is 1. The van der Waals surface area contributed by atoms with Crippen molar-refractivity contribution in [2.75, 3.05) is 12.4 Å². The number of hydrogen-bond acceptors (Lipinski definition) is 5. The molecule has 2 aromatic heterocycles. The van der Waals surface area contributed by atoms with Crippen LogP contribution in [0.3, 0.4) is 0 Å². The maximum absolute atomic E-state index is 5.44. The molecule has 0 bridgehead atoms. The Balaban J connectivity index is 1.95. The van der Waals surface area contributed by atoms with Crippen molar-refractivity contribution in [1.29, 1.82) is 0 Å². The number of aromatic nitrogens is 5. The van der Waals surface area contributed by atoms with E-state index < -0.39 is 0 Å². The van der Waals surface area contributed by atoms with E-state index in [2.05, 4.69) is 42.4 Å². The van der Waals surface area contributed by atoms with Crippen LogP contribution < -0.4 is 0 Å². The molecular weight excluding hydrogens is 346 g/mol. The van der Waals surface area contributed by atoms with E-state index in [-0.39, 0.29) is 0 Å². The second-order valence-corrected chi connectivity index (χ2v) is 5.15. The third kappa shape index (κ3) is 2.99. The number of rotatable bonds is 4. The number of alkyl halides is 1. The molecule has 1 aliphatic carbocycles. The molecule has 0 radical (unpaired) electrons. The Morgan fingerprint density at radius 1 is 1.36 bits per heavy atom. The highest BCUT2D eigenvalue weighted by Crippen LogP contribution is 2.22. The Kier molecular flexibility index (Phi) is 4.43. The van der Waals surface area contributed by atoms with E-state index in [0.717, 1.165) is 22.4 Å². The Morgan fingerprint density at radius 2 is 2.27 bits per heavy atom. The summed E-state index contributed by atoms with van der Waals surface area (Å²) in [5.41, 5.74) is 2.66. The zero-order valence-electron chi connectivity index (χ0n) is 12.0. The van der Waals surface area contributed by atoms with Gasteiger partial charge in [0.2, 0.25) is 5.82 Å². The van der Waals surface area contributed by atoms with Crippen LogP contribution in [-0.2, 0) is 4.74 Å². The first kappa shape index (κ1) is 14.6. The van der Waals surface area contributed by atoms with Crippen molar-refractivity contribution in [2.45, 2.75) is 6.42 Å². The summed E-state index contributed by atoms with van der Waals surface area (Å²) in [5, 5.41) is 13.3. The molecular formula is C15H14BrN5O. The molecule has 0 saturated heterocycles. The van der Waals surface area contributed by atoms with Gasteiger partial charge in [0.15, 0.2) is 0 Å². The normalized spacial score (nSPS) is 14.7. The topological polar surface area (TPSA) is 65.7 Å². The van der Waals surface area contributed by atoms with E-state index in [1.807, 2.05) is 30.4 Å². The van der Waals surface area contributed by atoms with Crippen molar-refractivity contribution >= 4 is 21.6 Å². The van der Waals surface area contributed by atoms with Gasteiger partial charge in [0.05, 0.1) is 12.8 Å². The molecule has 0 fully saturated rings. The lowest BCUT2D eigenvalue weighted by Gasteiger charge is -2.05. The summed E-state index contributed by atoms with van der Waals surface area (Å²) in [6.07, 6.45) is 8.42. The standard InChI is InChI=1S/C15H14BrN5O/c1-22-14-9-12(6-4-5-11(14)10-16)21-19-15(18-20-21)13-7-2-3-8-17-13/h2-5,7-9H,6,10H2,1H3. The lowest BCUT2D eigenvalue weighted by molar-refractivity contribution is 0.304. The van der Waals surface area contributed by atoms with Crippen molar-refractivity contribution in [3.05, 3.63) is 54.0 Å². The molecule has 7 heteroatoms. The van der Waals surface area contributed by atoms with Crippen LogP contribution in [0.2, 0.25) is 0 Å². The first-order valence-electron chi connectivity index (χ1n) is 6.74. The summed E-state index contributed by atoms with van der Waals surface area (Å²) in [4.78, 5) is 5.75. The van der Waals surface area contributed by atoms with Crippen LogP contribution in [0.1, 0.15) is 6.42 Å². The summed E-state index contributed by atoms with van der Waals surface area (Å²) in [6.45, 7) is 0. The lowest BCUT2D eigenvalue weighted by Crippen LogP contribution is -2.02. The number of methoxy groups -OCH3 is 1. The molecule has 6 nitrogen and oxygen atoms in total. The van der Waals surface area contributed by atoms with E-state index in [9.17, 15) is 0 Å². The van der Waals surface area contributed by atoms with E-state index in [4.69, 9.17) is 4.74 Å². The molecule has 112 valence electrons. The van der Waals surface area contributed by atoms with Crippen molar-refractivity contribution in [2.24, 2.45) is 0 Å². The molecule has 0 aliphatic heterocycles. The molecule has 0 amide bonds. The van der Waals surface area contributed by atoms with Crippen LogP contribution in [0.15, 0.2) is 54.0 Å². The van der Waals surface area contributed by atoms with Crippen LogP contribution in [0.4, 0.5) is 0 Å². The molecule has 2 heterocycles. The van der Waals surface area contributed by atoms with Crippen molar-refractivity contribution in [3.8, 4) is 11.5 Å². The van der Waals surface area contributed by atoms with Gasteiger partial charge in [-0.05, 0) is 17.3 Å².